The van der Waals surface area contributed by atoms with Crippen molar-refractivity contribution in [1.82, 2.24) is 25.1 Å². The van der Waals surface area contributed by atoms with Crippen LogP contribution in [0.4, 0.5) is 5.95 Å². The molecule has 0 saturated carbocycles. The zero-order valence-electron chi connectivity index (χ0n) is 14.4. The molecule has 0 radical (unpaired) electrons. The van der Waals surface area contributed by atoms with Crippen molar-refractivity contribution in [3.8, 4) is 0 Å². The molecule has 2 rings (SSSR count). The van der Waals surface area contributed by atoms with Gasteiger partial charge in [0, 0.05) is 5.54 Å². The Hall–Kier alpha value is -2.38. The van der Waals surface area contributed by atoms with Crippen molar-refractivity contribution in [2.75, 3.05) is 11.9 Å². The van der Waals surface area contributed by atoms with Crippen LogP contribution in [0.2, 0.25) is 0 Å². The summed E-state index contributed by atoms with van der Waals surface area (Å²) in [6.07, 6.45) is 1.50. The molecule has 0 atom stereocenters. The Labute approximate surface area is 134 Å². The van der Waals surface area contributed by atoms with E-state index < -0.39 is 0 Å². The lowest BCUT2D eigenvalue weighted by Gasteiger charge is -2.21. The first-order chi connectivity index (χ1) is 10.5. The Morgan fingerprint density at radius 3 is 2.48 bits per heavy atom. The van der Waals surface area contributed by atoms with Crippen LogP contribution in [0, 0.1) is 0 Å². The van der Waals surface area contributed by atoms with E-state index >= 15 is 0 Å². The number of amides is 1. The fourth-order valence-corrected chi connectivity index (χ4v) is 2.12. The fourth-order valence-electron chi connectivity index (χ4n) is 2.12. The molecular formula is C15H24N6O2. The normalized spacial score (nSPS) is 12.4. The predicted molar refractivity (Wildman–Crippen MR) is 89.5 cm³/mol. The summed E-state index contributed by atoms with van der Waals surface area (Å²) in [7, 11) is 0. The minimum absolute atomic E-state index is 0.0232. The van der Waals surface area contributed by atoms with E-state index in [1.165, 1.54) is 6.20 Å². The molecule has 8 heteroatoms. The first kappa shape index (κ1) is 17.0. The minimum atomic E-state index is -0.311. The van der Waals surface area contributed by atoms with Gasteiger partial charge in [-0.2, -0.15) is 10.1 Å². The zero-order valence-corrected chi connectivity index (χ0v) is 14.4. The lowest BCUT2D eigenvalue weighted by atomic mass is 10.1. The van der Waals surface area contributed by atoms with Gasteiger partial charge in [0.25, 0.3) is 5.56 Å². The molecule has 0 spiro atoms. The topological polar surface area (TPSA) is 105 Å². The van der Waals surface area contributed by atoms with E-state index in [1.807, 2.05) is 41.5 Å². The number of aromatic amines is 1. The molecule has 0 fully saturated rings. The molecule has 2 aromatic rings. The molecule has 0 bridgehead atoms. The van der Waals surface area contributed by atoms with E-state index in [9.17, 15) is 9.59 Å². The van der Waals surface area contributed by atoms with E-state index in [0.717, 1.165) is 0 Å². The second-order valence-electron chi connectivity index (χ2n) is 7.53. The maximum absolute atomic E-state index is 12.1. The maximum Gasteiger partial charge on any atom is 0.263 e. The molecule has 0 aliphatic carbocycles. The number of hydrogen-bond donors (Lipinski definition) is 3. The summed E-state index contributed by atoms with van der Waals surface area (Å²) in [4.78, 5) is 31.0. The summed E-state index contributed by atoms with van der Waals surface area (Å²) in [6.45, 7) is 11.7. The molecule has 0 saturated heterocycles. The minimum Gasteiger partial charge on any atom is -0.350 e. The Kier molecular flexibility index (Phi) is 4.19. The molecule has 0 unspecified atom stereocenters. The van der Waals surface area contributed by atoms with Gasteiger partial charge in [0.1, 0.15) is 5.39 Å². The van der Waals surface area contributed by atoms with Gasteiger partial charge in [-0.1, -0.05) is 0 Å². The molecule has 0 aliphatic rings. The van der Waals surface area contributed by atoms with Crippen molar-refractivity contribution in [3.63, 3.8) is 0 Å². The van der Waals surface area contributed by atoms with Crippen LogP contribution in [0.1, 0.15) is 41.5 Å². The number of carbonyl (C=O) groups is 1. The average molecular weight is 320 g/mol. The van der Waals surface area contributed by atoms with Crippen molar-refractivity contribution in [3.05, 3.63) is 16.6 Å². The van der Waals surface area contributed by atoms with Gasteiger partial charge in [0.05, 0.1) is 18.3 Å². The van der Waals surface area contributed by atoms with Crippen LogP contribution < -0.4 is 16.2 Å². The number of H-pyrrole nitrogens is 1. The summed E-state index contributed by atoms with van der Waals surface area (Å²) < 4.78 is 1.69. The van der Waals surface area contributed by atoms with E-state index in [1.54, 1.807) is 4.68 Å². The largest absolute Gasteiger partial charge is 0.350 e. The Balaban J connectivity index is 2.26. The third-order valence-corrected chi connectivity index (χ3v) is 3.00. The molecule has 126 valence electrons. The van der Waals surface area contributed by atoms with Crippen LogP contribution in [0.15, 0.2) is 11.0 Å². The van der Waals surface area contributed by atoms with Crippen LogP contribution in [0.5, 0.6) is 0 Å². The van der Waals surface area contributed by atoms with Gasteiger partial charge in [-0.3, -0.25) is 14.6 Å². The van der Waals surface area contributed by atoms with Crippen molar-refractivity contribution in [1.29, 1.82) is 0 Å². The van der Waals surface area contributed by atoms with Crippen molar-refractivity contribution in [2.24, 2.45) is 0 Å². The number of nitrogens with one attached hydrogen (secondary N) is 3. The predicted octanol–water partition coefficient (Wildman–Crippen LogP) is 1.20. The molecule has 2 heterocycles. The third kappa shape index (κ3) is 4.08. The standard InChI is InChI=1S/C15H24N6O2/c1-14(2,3)20-10(22)8-16-13-18-11-9(12(23)19-13)7-17-21(11)15(4,5)6/h7H,8H2,1-6H3,(H,20,22)(H2,16,18,19,23). The summed E-state index contributed by atoms with van der Waals surface area (Å²) in [5.74, 6) is 0.0714. The summed E-state index contributed by atoms with van der Waals surface area (Å²) in [5.41, 5.74) is -0.415. The third-order valence-electron chi connectivity index (χ3n) is 3.00. The van der Waals surface area contributed by atoms with Gasteiger partial charge in [0.15, 0.2) is 5.65 Å². The molecule has 1 amide bonds. The van der Waals surface area contributed by atoms with Gasteiger partial charge in [0.2, 0.25) is 11.9 Å². The van der Waals surface area contributed by atoms with Gasteiger partial charge in [-0.15, -0.1) is 0 Å². The number of carbonyl (C=O) groups excluding carboxylic acids is 1. The van der Waals surface area contributed by atoms with Crippen LogP contribution in [-0.4, -0.2) is 37.7 Å². The SMILES string of the molecule is CC(C)(C)NC(=O)CNc1nc2c(cnn2C(C)(C)C)c(=O)[nH]1. The fraction of sp³-hybridized carbons (Fsp3) is 0.600. The second kappa shape index (κ2) is 5.68. The van der Waals surface area contributed by atoms with Crippen LogP contribution >= 0.6 is 0 Å². The van der Waals surface area contributed by atoms with Crippen LogP contribution in [-0.2, 0) is 10.3 Å². The molecule has 3 N–H and O–H groups in total. The number of anilines is 1. The number of nitrogens with zero attached hydrogens (tertiary/aromatic N) is 3. The number of hydrogen-bond acceptors (Lipinski definition) is 5. The molecule has 8 nitrogen and oxygen atoms in total. The molecule has 2 aromatic heterocycles. The Bertz CT molecular complexity index is 776. The highest BCUT2D eigenvalue weighted by Crippen LogP contribution is 2.18. The highest BCUT2D eigenvalue weighted by atomic mass is 16.2. The summed E-state index contributed by atoms with van der Waals surface area (Å²) >= 11 is 0. The van der Waals surface area contributed by atoms with Crippen molar-refractivity contribution in [2.45, 2.75) is 52.6 Å². The maximum atomic E-state index is 12.1. The molecule has 23 heavy (non-hydrogen) atoms. The molecule has 0 aliphatic heterocycles. The van der Waals surface area contributed by atoms with Gasteiger partial charge < -0.3 is 10.6 Å². The first-order valence-corrected chi connectivity index (χ1v) is 7.51. The summed E-state index contributed by atoms with van der Waals surface area (Å²) in [6, 6.07) is 0. The van der Waals surface area contributed by atoms with Crippen LogP contribution in [0.25, 0.3) is 11.0 Å². The molecular weight excluding hydrogens is 296 g/mol. The number of fused-ring (bicyclic) bond motifs is 1. The zero-order chi connectivity index (χ0) is 17.4. The second-order valence-corrected chi connectivity index (χ2v) is 7.53. The Morgan fingerprint density at radius 1 is 1.26 bits per heavy atom. The lowest BCUT2D eigenvalue weighted by Crippen LogP contribution is -2.43. The number of rotatable bonds is 3. The van der Waals surface area contributed by atoms with E-state index in [4.69, 9.17) is 0 Å². The van der Waals surface area contributed by atoms with Crippen molar-refractivity contribution < 1.29 is 4.79 Å². The van der Waals surface area contributed by atoms with Crippen molar-refractivity contribution >= 4 is 22.9 Å². The van der Waals surface area contributed by atoms with Crippen LogP contribution in [0.3, 0.4) is 0 Å². The summed E-state index contributed by atoms with van der Waals surface area (Å²) in [5, 5.41) is 10.3. The van der Waals surface area contributed by atoms with E-state index in [0.29, 0.717) is 11.0 Å². The monoisotopic (exact) mass is 320 g/mol. The van der Waals surface area contributed by atoms with Gasteiger partial charge in [-0.25, -0.2) is 4.68 Å². The quantitative estimate of drug-likeness (QED) is 0.788. The first-order valence-electron chi connectivity index (χ1n) is 7.51. The molecule has 0 aromatic carbocycles. The van der Waals surface area contributed by atoms with E-state index in [-0.39, 0.29) is 35.0 Å². The van der Waals surface area contributed by atoms with Gasteiger partial charge >= 0.3 is 0 Å². The highest BCUT2D eigenvalue weighted by molar-refractivity contribution is 5.81. The highest BCUT2D eigenvalue weighted by Gasteiger charge is 2.20. The lowest BCUT2D eigenvalue weighted by molar-refractivity contribution is -0.120. The number of aromatic nitrogens is 4. The van der Waals surface area contributed by atoms with Gasteiger partial charge in [-0.05, 0) is 41.5 Å². The smallest absolute Gasteiger partial charge is 0.263 e. The van der Waals surface area contributed by atoms with E-state index in [2.05, 4.69) is 25.7 Å². The Morgan fingerprint density at radius 2 is 1.91 bits per heavy atom. The average Bonchev–Trinajstić information content (AvgIpc) is 2.78.